The van der Waals surface area contributed by atoms with Gasteiger partial charge in [-0.15, -0.1) is 0 Å². The minimum absolute atomic E-state index is 0.156. The van der Waals surface area contributed by atoms with Crippen molar-refractivity contribution in [3.63, 3.8) is 0 Å². The molecule has 5 heteroatoms. The van der Waals surface area contributed by atoms with Gasteiger partial charge >= 0.3 is 0 Å². The summed E-state index contributed by atoms with van der Waals surface area (Å²) in [5.41, 5.74) is 5.17. The SMILES string of the molecule is CC1(C)CC2(CCO1)Oc1ccc(Br)cc1C1CC(c3ccc(-c4ccccc4)cc3)=NN12. The highest BCUT2D eigenvalue weighted by Crippen LogP contribution is 2.52. The third-order valence-corrected chi connectivity index (χ3v) is 7.46. The second-order valence-electron chi connectivity index (χ2n) is 9.82. The third kappa shape index (κ3) is 3.68. The lowest BCUT2D eigenvalue weighted by atomic mass is 9.86. The minimum Gasteiger partial charge on any atom is -0.466 e. The molecule has 2 unspecified atom stereocenters. The van der Waals surface area contributed by atoms with Crippen LogP contribution in [0.15, 0.2) is 82.4 Å². The molecule has 3 aromatic carbocycles. The number of ether oxygens (including phenoxy) is 2. The first-order chi connectivity index (χ1) is 15.9. The average molecular weight is 503 g/mol. The Hall–Kier alpha value is -2.63. The van der Waals surface area contributed by atoms with E-state index in [1.54, 1.807) is 0 Å². The molecule has 0 bridgehead atoms. The van der Waals surface area contributed by atoms with Crippen LogP contribution in [0.4, 0.5) is 0 Å². The summed E-state index contributed by atoms with van der Waals surface area (Å²) in [4.78, 5) is 0. The summed E-state index contributed by atoms with van der Waals surface area (Å²) in [5, 5.41) is 7.45. The molecule has 1 saturated heterocycles. The average Bonchev–Trinajstić information content (AvgIpc) is 3.27. The van der Waals surface area contributed by atoms with Crippen LogP contribution >= 0.6 is 15.9 Å². The second kappa shape index (κ2) is 7.71. The summed E-state index contributed by atoms with van der Waals surface area (Å²) in [6, 6.07) is 25.8. The Morgan fingerprint density at radius 1 is 0.939 bits per heavy atom. The van der Waals surface area contributed by atoms with Crippen molar-refractivity contribution in [2.75, 3.05) is 6.61 Å². The van der Waals surface area contributed by atoms with Gasteiger partial charge in [-0.3, -0.25) is 0 Å². The molecule has 3 aromatic rings. The Balaban J connectivity index is 1.39. The highest BCUT2D eigenvalue weighted by Gasteiger charge is 2.54. The van der Waals surface area contributed by atoms with Gasteiger partial charge in [0.2, 0.25) is 5.72 Å². The molecule has 3 aliphatic heterocycles. The van der Waals surface area contributed by atoms with Crippen molar-refractivity contribution in [1.82, 2.24) is 5.01 Å². The van der Waals surface area contributed by atoms with Crippen molar-refractivity contribution in [1.29, 1.82) is 0 Å². The molecule has 1 spiro atoms. The van der Waals surface area contributed by atoms with E-state index in [4.69, 9.17) is 14.6 Å². The van der Waals surface area contributed by atoms with Gasteiger partial charge in [0.05, 0.1) is 24.0 Å². The van der Waals surface area contributed by atoms with Crippen LogP contribution in [0.1, 0.15) is 50.3 Å². The first-order valence-corrected chi connectivity index (χ1v) is 12.4. The third-order valence-electron chi connectivity index (χ3n) is 6.97. The van der Waals surface area contributed by atoms with Gasteiger partial charge in [-0.25, -0.2) is 5.01 Å². The summed E-state index contributed by atoms with van der Waals surface area (Å²) in [7, 11) is 0. The lowest BCUT2D eigenvalue weighted by molar-refractivity contribution is -0.212. The highest BCUT2D eigenvalue weighted by molar-refractivity contribution is 9.10. The Kier molecular flexibility index (Phi) is 4.89. The van der Waals surface area contributed by atoms with Gasteiger partial charge in [0, 0.05) is 29.3 Å². The van der Waals surface area contributed by atoms with E-state index in [1.165, 1.54) is 22.3 Å². The quantitative estimate of drug-likeness (QED) is 0.380. The Bertz CT molecular complexity index is 1220. The number of nitrogens with zero attached hydrogens (tertiary/aromatic N) is 2. The number of rotatable bonds is 2. The molecule has 6 rings (SSSR count). The Labute approximate surface area is 203 Å². The van der Waals surface area contributed by atoms with Gasteiger partial charge in [-0.1, -0.05) is 70.5 Å². The molecule has 0 saturated carbocycles. The van der Waals surface area contributed by atoms with Crippen LogP contribution in [-0.4, -0.2) is 28.7 Å². The fourth-order valence-electron chi connectivity index (χ4n) is 5.49. The number of hydrogen-bond donors (Lipinski definition) is 0. The molecule has 2 atom stereocenters. The predicted octanol–water partition coefficient (Wildman–Crippen LogP) is 6.94. The van der Waals surface area contributed by atoms with Crippen molar-refractivity contribution in [2.24, 2.45) is 5.10 Å². The van der Waals surface area contributed by atoms with Crippen LogP contribution < -0.4 is 4.74 Å². The van der Waals surface area contributed by atoms with Crippen molar-refractivity contribution < 1.29 is 9.47 Å². The van der Waals surface area contributed by atoms with Gasteiger partial charge in [0.25, 0.3) is 0 Å². The molecule has 33 heavy (non-hydrogen) atoms. The fraction of sp³-hybridized carbons (Fsp3) is 0.321. The van der Waals surface area contributed by atoms with Crippen molar-refractivity contribution in [3.8, 4) is 16.9 Å². The molecule has 3 heterocycles. The van der Waals surface area contributed by atoms with Crippen LogP contribution in [0.25, 0.3) is 11.1 Å². The molecule has 0 aliphatic carbocycles. The van der Waals surface area contributed by atoms with E-state index < -0.39 is 5.72 Å². The second-order valence-corrected chi connectivity index (χ2v) is 10.7. The van der Waals surface area contributed by atoms with Gasteiger partial charge in [0.1, 0.15) is 5.75 Å². The van der Waals surface area contributed by atoms with Gasteiger partial charge in [0.15, 0.2) is 0 Å². The Morgan fingerprint density at radius 3 is 2.42 bits per heavy atom. The molecule has 0 N–H and O–H groups in total. The van der Waals surface area contributed by atoms with E-state index in [0.717, 1.165) is 35.2 Å². The van der Waals surface area contributed by atoms with Crippen molar-refractivity contribution in [2.45, 2.75) is 50.5 Å². The Morgan fingerprint density at radius 2 is 1.67 bits per heavy atom. The largest absolute Gasteiger partial charge is 0.466 e. The number of hydrazone groups is 1. The molecule has 4 nitrogen and oxygen atoms in total. The van der Waals surface area contributed by atoms with Crippen LogP contribution in [0.5, 0.6) is 5.75 Å². The molecule has 1 fully saturated rings. The predicted molar refractivity (Wildman–Crippen MR) is 134 cm³/mol. The molecular weight excluding hydrogens is 476 g/mol. The monoisotopic (exact) mass is 502 g/mol. The number of halogens is 1. The first-order valence-electron chi connectivity index (χ1n) is 11.6. The van der Waals surface area contributed by atoms with E-state index in [2.05, 4.69) is 102 Å². The van der Waals surface area contributed by atoms with E-state index in [-0.39, 0.29) is 11.6 Å². The maximum absolute atomic E-state index is 6.74. The standard InChI is InChI=1S/C28H27BrN2O2/c1-27(2)18-28(14-15-32-27)31-25(23-16-22(29)12-13-26(23)33-28)17-24(30-31)21-10-8-20(9-11-21)19-6-4-3-5-7-19/h3-13,16,25H,14-15,17-18H2,1-2H3. The maximum atomic E-state index is 6.74. The molecule has 0 aromatic heterocycles. The van der Waals surface area contributed by atoms with E-state index in [0.29, 0.717) is 6.61 Å². The van der Waals surface area contributed by atoms with Crippen LogP contribution in [0.2, 0.25) is 0 Å². The zero-order chi connectivity index (χ0) is 22.6. The lowest BCUT2D eigenvalue weighted by Crippen LogP contribution is -2.60. The molecule has 0 radical (unpaired) electrons. The smallest absolute Gasteiger partial charge is 0.203 e. The van der Waals surface area contributed by atoms with Gasteiger partial charge in [-0.05, 0) is 48.7 Å². The molecule has 0 amide bonds. The minimum atomic E-state index is -0.487. The first kappa shape index (κ1) is 20.9. The van der Waals surface area contributed by atoms with Crippen molar-refractivity contribution >= 4 is 21.6 Å². The lowest BCUT2D eigenvalue weighted by Gasteiger charge is -2.52. The summed E-state index contributed by atoms with van der Waals surface area (Å²) in [5.74, 6) is 0.966. The van der Waals surface area contributed by atoms with E-state index in [1.807, 2.05) is 6.07 Å². The number of fused-ring (bicyclic) bond motifs is 4. The molecule has 168 valence electrons. The highest BCUT2D eigenvalue weighted by atomic mass is 79.9. The van der Waals surface area contributed by atoms with Crippen LogP contribution in [0.3, 0.4) is 0 Å². The number of hydrogen-bond acceptors (Lipinski definition) is 4. The van der Waals surface area contributed by atoms with Crippen LogP contribution in [-0.2, 0) is 4.74 Å². The summed E-state index contributed by atoms with van der Waals surface area (Å²) < 4.78 is 13.9. The molecular formula is C28H27BrN2O2. The maximum Gasteiger partial charge on any atom is 0.203 e. The van der Waals surface area contributed by atoms with Crippen molar-refractivity contribution in [3.05, 3.63) is 88.4 Å². The normalized spacial score (nSPS) is 25.2. The van der Waals surface area contributed by atoms with E-state index in [9.17, 15) is 0 Å². The zero-order valence-electron chi connectivity index (χ0n) is 18.9. The fourth-order valence-corrected chi connectivity index (χ4v) is 5.87. The zero-order valence-corrected chi connectivity index (χ0v) is 20.5. The van der Waals surface area contributed by atoms with E-state index >= 15 is 0 Å². The topological polar surface area (TPSA) is 34.1 Å². The van der Waals surface area contributed by atoms with Gasteiger partial charge in [-0.2, -0.15) is 5.10 Å². The molecule has 3 aliphatic rings. The van der Waals surface area contributed by atoms with Gasteiger partial charge < -0.3 is 9.47 Å². The summed E-state index contributed by atoms with van der Waals surface area (Å²) in [6.07, 6.45) is 2.43. The summed E-state index contributed by atoms with van der Waals surface area (Å²) >= 11 is 3.65. The summed E-state index contributed by atoms with van der Waals surface area (Å²) in [6.45, 7) is 4.96. The number of benzene rings is 3. The van der Waals surface area contributed by atoms with Crippen LogP contribution in [0, 0.1) is 0 Å².